The van der Waals surface area contributed by atoms with Crippen molar-refractivity contribution in [3.05, 3.63) is 61.6 Å². The first-order chi connectivity index (χ1) is 15.8. The first kappa shape index (κ1) is 22.8. The van der Waals surface area contributed by atoms with Gasteiger partial charge in [-0.25, -0.2) is 4.79 Å². The van der Waals surface area contributed by atoms with Crippen molar-refractivity contribution in [1.82, 2.24) is 9.55 Å². The van der Waals surface area contributed by atoms with E-state index in [1.807, 2.05) is 51.1 Å². The van der Waals surface area contributed by atoms with Crippen molar-refractivity contribution < 1.29 is 9.53 Å². The Morgan fingerprint density at radius 1 is 1.30 bits per heavy atom. The minimum Gasteiger partial charge on any atom is -0.488 e. The van der Waals surface area contributed by atoms with E-state index in [-0.39, 0.29) is 23.3 Å². The Kier molecular flexibility index (Phi) is 6.42. The number of carbonyl (C=O) groups is 1. The Morgan fingerprint density at radius 2 is 2.06 bits per heavy atom. The number of fused-ring (bicyclic) bond motifs is 3. The summed E-state index contributed by atoms with van der Waals surface area (Å²) in [7, 11) is 0. The number of nitrogens with one attached hydrogen (secondary N) is 1. The predicted octanol–water partition coefficient (Wildman–Crippen LogP) is 3.84. The number of rotatable bonds is 7. The molecule has 1 aromatic carbocycles. The molecule has 1 amide bonds. The molecule has 0 unspecified atom stereocenters. The molecular formula is C24H28N4O4S. The smallest absolute Gasteiger partial charge is 0.330 e. The first-order valence-corrected chi connectivity index (χ1v) is 11.9. The molecule has 4 rings (SSSR count). The quantitative estimate of drug-likeness (QED) is 0.547. The average Bonchev–Trinajstić information content (AvgIpc) is 3.23. The van der Waals surface area contributed by atoms with Crippen molar-refractivity contribution in [2.75, 3.05) is 17.2 Å². The van der Waals surface area contributed by atoms with Gasteiger partial charge in [-0.3, -0.25) is 24.0 Å². The number of ether oxygens (including phenoxy) is 1. The van der Waals surface area contributed by atoms with Crippen molar-refractivity contribution in [2.24, 2.45) is 5.92 Å². The van der Waals surface area contributed by atoms with Crippen LogP contribution < -0.4 is 26.6 Å². The standard InChI is InChI=1S/C24H28N4O4S/c1-4-5-10-27(19-21(25)28(12-14(2)3)24(31)26-22(19)29)23(30)18-11-15-13-32-17-9-7-6-8-16(17)20(15)33-18/h6-9,11,14H,4-5,10,12-13,25H2,1-3H3,(H,26,29,31). The van der Waals surface area contributed by atoms with Gasteiger partial charge in [0.15, 0.2) is 5.69 Å². The highest BCUT2D eigenvalue weighted by atomic mass is 32.1. The number of thiophene rings is 1. The molecule has 3 heterocycles. The van der Waals surface area contributed by atoms with E-state index in [0.717, 1.165) is 28.2 Å². The van der Waals surface area contributed by atoms with Crippen molar-refractivity contribution in [3.8, 4) is 16.2 Å². The number of anilines is 2. The number of nitrogen functional groups attached to an aromatic ring is 1. The molecule has 0 spiro atoms. The lowest BCUT2D eigenvalue weighted by Gasteiger charge is -2.24. The zero-order chi connectivity index (χ0) is 23.7. The van der Waals surface area contributed by atoms with Crippen molar-refractivity contribution in [3.63, 3.8) is 0 Å². The van der Waals surface area contributed by atoms with Crippen molar-refractivity contribution >= 4 is 28.7 Å². The van der Waals surface area contributed by atoms with E-state index in [0.29, 0.717) is 31.0 Å². The Bertz CT molecular complexity index is 1300. The second-order valence-corrected chi connectivity index (χ2v) is 9.61. The summed E-state index contributed by atoms with van der Waals surface area (Å²) in [6, 6.07) is 9.55. The molecule has 0 saturated carbocycles. The van der Waals surface area contributed by atoms with Crippen LogP contribution in [-0.2, 0) is 13.2 Å². The number of para-hydroxylation sites is 1. The number of unbranched alkanes of at least 4 members (excludes halogenated alkanes) is 1. The fourth-order valence-electron chi connectivity index (χ4n) is 3.95. The third-order valence-electron chi connectivity index (χ3n) is 5.55. The van der Waals surface area contributed by atoms with Crippen molar-refractivity contribution in [1.29, 1.82) is 0 Å². The maximum Gasteiger partial charge on any atom is 0.330 e. The minimum atomic E-state index is -0.656. The fraction of sp³-hybridized carbons (Fsp3) is 0.375. The van der Waals surface area contributed by atoms with Gasteiger partial charge in [-0.05, 0) is 30.5 Å². The van der Waals surface area contributed by atoms with Gasteiger partial charge < -0.3 is 10.5 Å². The number of H-pyrrole nitrogens is 1. The van der Waals surface area contributed by atoms with Gasteiger partial charge in [-0.15, -0.1) is 11.3 Å². The fourth-order valence-corrected chi connectivity index (χ4v) is 5.10. The molecular weight excluding hydrogens is 440 g/mol. The van der Waals surface area contributed by atoms with E-state index < -0.39 is 11.2 Å². The topological polar surface area (TPSA) is 110 Å². The second-order valence-electron chi connectivity index (χ2n) is 8.56. The normalized spacial score (nSPS) is 12.2. The number of nitrogens with two attached hydrogens (primary N) is 1. The number of nitrogens with zero attached hydrogens (tertiary/aromatic N) is 2. The Labute approximate surface area is 195 Å². The van der Waals surface area contributed by atoms with Crippen LogP contribution in [0.25, 0.3) is 10.4 Å². The summed E-state index contributed by atoms with van der Waals surface area (Å²) in [6.07, 6.45) is 1.51. The van der Waals surface area contributed by atoms with Gasteiger partial charge in [0.1, 0.15) is 18.2 Å². The number of aromatic nitrogens is 2. The molecule has 2 aromatic heterocycles. The summed E-state index contributed by atoms with van der Waals surface area (Å²) < 4.78 is 7.16. The highest BCUT2D eigenvalue weighted by Gasteiger charge is 2.29. The lowest BCUT2D eigenvalue weighted by molar-refractivity contribution is 0.0990. The van der Waals surface area contributed by atoms with Crippen LogP contribution in [0, 0.1) is 5.92 Å². The molecule has 8 nitrogen and oxygen atoms in total. The van der Waals surface area contributed by atoms with E-state index in [2.05, 4.69) is 4.98 Å². The molecule has 1 aliphatic heterocycles. The zero-order valence-corrected chi connectivity index (χ0v) is 19.8. The molecule has 174 valence electrons. The molecule has 3 N–H and O–H groups in total. The van der Waals surface area contributed by atoms with Gasteiger partial charge in [0.05, 0.1) is 4.88 Å². The summed E-state index contributed by atoms with van der Waals surface area (Å²) in [5, 5.41) is 0. The molecule has 0 bridgehead atoms. The third kappa shape index (κ3) is 4.32. The predicted molar refractivity (Wildman–Crippen MR) is 131 cm³/mol. The maximum atomic E-state index is 13.7. The lowest BCUT2D eigenvalue weighted by atomic mass is 10.1. The molecule has 3 aromatic rings. The van der Waals surface area contributed by atoms with Crippen molar-refractivity contribution in [2.45, 2.75) is 46.8 Å². The highest BCUT2D eigenvalue weighted by molar-refractivity contribution is 7.17. The Hall–Kier alpha value is -3.33. The van der Waals surface area contributed by atoms with Crippen LogP contribution in [0.15, 0.2) is 39.9 Å². The minimum absolute atomic E-state index is 0.0110. The van der Waals surface area contributed by atoms with Gasteiger partial charge in [0.25, 0.3) is 11.5 Å². The van der Waals surface area contributed by atoms with Gasteiger partial charge in [0, 0.05) is 29.1 Å². The zero-order valence-electron chi connectivity index (χ0n) is 19.0. The van der Waals surface area contributed by atoms with E-state index in [1.165, 1.54) is 20.8 Å². The van der Waals surface area contributed by atoms with Crippen LogP contribution in [0.3, 0.4) is 0 Å². The maximum absolute atomic E-state index is 13.7. The van der Waals surface area contributed by atoms with E-state index in [9.17, 15) is 14.4 Å². The van der Waals surface area contributed by atoms with Crippen LogP contribution in [-0.4, -0.2) is 22.0 Å². The van der Waals surface area contributed by atoms with E-state index >= 15 is 0 Å². The van der Waals surface area contributed by atoms with Crippen LogP contribution in [0.1, 0.15) is 48.8 Å². The Morgan fingerprint density at radius 3 is 2.79 bits per heavy atom. The Balaban J connectivity index is 1.79. The van der Waals surface area contributed by atoms with Gasteiger partial charge in [0.2, 0.25) is 0 Å². The van der Waals surface area contributed by atoms with E-state index in [1.54, 1.807) is 0 Å². The van der Waals surface area contributed by atoms with Crippen LogP contribution in [0.5, 0.6) is 5.75 Å². The highest BCUT2D eigenvalue weighted by Crippen LogP contribution is 2.42. The van der Waals surface area contributed by atoms with Crippen LogP contribution in [0.4, 0.5) is 11.5 Å². The van der Waals surface area contributed by atoms with Gasteiger partial charge in [-0.1, -0.05) is 39.3 Å². The summed E-state index contributed by atoms with van der Waals surface area (Å²) in [5.41, 5.74) is 7.00. The molecule has 0 aliphatic carbocycles. The molecule has 0 fully saturated rings. The first-order valence-electron chi connectivity index (χ1n) is 11.1. The number of carbonyl (C=O) groups excluding carboxylic acids is 1. The summed E-state index contributed by atoms with van der Waals surface area (Å²) in [5.74, 6) is 0.618. The number of hydrogen-bond donors (Lipinski definition) is 2. The molecule has 9 heteroatoms. The molecule has 1 aliphatic rings. The molecule has 33 heavy (non-hydrogen) atoms. The summed E-state index contributed by atoms with van der Waals surface area (Å²) in [4.78, 5) is 44.2. The molecule has 0 radical (unpaired) electrons. The lowest BCUT2D eigenvalue weighted by Crippen LogP contribution is -2.41. The number of amides is 1. The molecule has 0 atom stereocenters. The SMILES string of the molecule is CCCCN(C(=O)c1cc2c(s1)-c1ccccc1OC2)c1c(N)n(CC(C)C)c(=O)[nH]c1=O. The second kappa shape index (κ2) is 9.27. The monoisotopic (exact) mass is 468 g/mol. The van der Waals surface area contributed by atoms with Gasteiger partial charge >= 0.3 is 5.69 Å². The summed E-state index contributed by atoms with van der Waals surface area (Å²) in [6.45, 7) is 6.95. The number of aromatic amines is 1. The largest absolute Gasteiger partial charge is 0.488 e. The number of benzene rings is 1. The molecule has 0 saturated heterocycles. The average molecular weight is 469 g/mol. The third-order valence-corrected chi connectivity index (χ3v) is 6.75. The van der Waals surface area contributed by atoms with Crippen LogP contribution in [0.2, 0.25) is 0 Å². The van der Waals surface area contributed by atoms with E-state index in [4.69, 9.17) is 10.5 Å². The van der Waals surface area contributed by atoms with Crippen LogP contribution >= 0.6 is 11.3 Å². The summed E-state index contributed by atoms with van der Waals surface area (Å²) >= 11 is 1.38. The van der Waals surface area contributed by atoms with Gasteiger partial charge in [-0.2, -0.15) is 0 Å². The number of hydrogen-bond acceptors (Lipinski definition) is 6.